The second kappa shape index (κ2) is 6.66. The number of phenolic OH excluding ortho intramolecular Hbond substituents is 1. The van der Waals surface area contributed by atoms with Crippen LogP contribution in [-0.2, 0) is 4.74 Å². The van der Waals surface area contributed by atoms with E-state index in [0.29, 0.717) is 12.4 Å². The Morgan fingerprint density at radius 2 is 1.62 bits per heavy atom. The minimum Gasteiger partial charge on any atom is -0.508 e. The number of rotatable bonds is 2. The van der Waals surface area contributed by atoms with E-state index in [0.717, 1.165) is 28.0 Å². The highest BCUT2D eigenvalue weighted by Gasteiger charge is 2.41. The predicted molar refractivity (Wildman–Crippen MR) is 122 cm³/mol. The maximum absolute atomic E-state index is 10.8. The average Bonchev–Trinajstić information content (AvgIpc) is 2.99. The fourth-order valence-corrected chi connectivity index (χ4v) is 4.86. The zero-order valence-corrected chi connectivity index (χ0v) is 18.3. The van der Waals surface area contributed by atoms with E-state index in [1.54, 1.807) is 0 Å². The molecule has 2 nitrogen and oxygen atoms in total. The molecule has 29 heavy (non-hydrogen) atoms. The molecular formula is C27H30O2. The van der Waals surface area contributed by atoms with Gasteiger partial charge in [0.05, 0.1) is 6.61 Å². The second-order valence-corrected chi connectivity index (χ2v) is 9.82. The Morgan fingerprint density at radius 1 is 0.931 bits per heavy atom. The molecule has 0 aromatic heterocycles. The summed E-state index contributed by atoms with van der Waals surface area (Å²) >= 11 is 0. The largest absolute Gasteiger partial charge is 0.508 e. The van der Waals surface area contributed by atoms with Crippen LogP contribution in [0.2, 0.25) is 0 Å². The Hall–Kier alpha value is -2.74. The second-order valence-electron chi connectivity index (χ2n) is 9.82. The van der Waals surface area contributed by atoms with Gasteiger partial charge in [-0.2, -0.15) is 0 Å². The zero-order valence-electron chi connectivity index (χ0n) is 18.3. The van der Waals surface area contributed by atoms with Crippen LogP contribution in [0.3, 0.4) is 0 Å². The van der Waals surface area contributed by atoms with Crippen LogP contribution in [0.5, 0.6) is 5.75 Å². The molecule has 4 rings (SSSR count). The number of benzene rings is 3. The number of aromatic hydroxyl groups is 1. The minimum atomic E-state index is -0.0340. The maximum Gasteiger partial charge on any atom is 0.127 e. The van der Waals surface area contributed by atoms with Gasteiger partial charge in [-0.25, -0.2) is 0 Å². The minimum absolute atomic E-state index is 0.0184. The third-order valence-electron chi connectivity index (χ3n) is 5.95. The molecule has 0 saturated heterocycles. The summed E-state index contributed by atoms with van der Waals surface area (Å²) in [6.45, 7) is 13.8. The highest BCUT2D eigenvalue weighted by molar-refractivity contribution is 5.98. The average molecular weight is 387 g/mol. The smallest absolute Gasteiger partial charge is 0.127 e. The molecule has 1 heterocycles. The third-order valence-corrected chi connectivity index (χ3v) is 5.95. The van der Waals surface area contributed by atoms with Gasteiger partial charge >= 0.3 is 0 Å². The first-order chi connectivity index (χ1) is 13.6. The van der Waals surface area contributed by atoms with Gasteiger partial charge in [-0.3, -0.25) is 0 Å². The van der Waals surface area contributed by atoms with E-state index in [2.05, 4.69) is 83.1 Å². The molecule has 2 heteroatoms. The van der Waals surface area contributed by atoms with Crippen molar-refractivity contribution in [2.75, 3.05) is 6.61 Å². The Balaban J connectivity index is 1.99. The molecule has 1 aliphatic heterocycles. The van der Waals surface area contributed by atoms with Gasteiger partial charge in [0.25, 0.3) is 0 Å². The number of phenols is 1. The van der Waals surface area contributed by atoms with Crippen LogP contribution >= 0.6 is 0 Å². The van der Waals surface area contributed by atoms with Gasteiger partial charge in [0, 0.05) is 11.0 Å². The van der Waals surface area contributed by atoms with Gasteiger partial charge < -0.3 is 9.84 Å². The Morgan fingerprint density at radius 3 is 2.34 bits per heavy atom. The topological polar surface area (TPSA) is 29.5 Å². The van der Waals surface area contributed by atoms with Crippen LogP contribution in [-0.4, -0.2) is 11.7 Å². The summed E-state index contributed by atoms with van der Waals surface area (Å²) < 4.78 is 6.24. The highest BCUT2D eigenvalue weighted by Crippen LogP contribution is 2.50. The van der Waals surface area contributed by atoms with Crippen molar-refractivity contribution in [3.05, 3.63) is 71.3 Å². The van der Waals surface area contributed by atoms with Crippen molar-refractivity contribution in [1.82, 2.24) is 0 Å². The highest BCUT2D eigenvalue weighted by atomic mass is 16.5. The van der Waals surface area contributed by atoms with E-state index in [-0.39, 0.29) is 10.8 Å². The summed E-state index contributed by atoms with van der Waals surface area (Å²) in [6, 6.07) is 18.8. The van der Waals surface area contributed by atoms with Gasteiger partial charge in [-0.15, -0.1) is 0 Å². The van der Waals surface area contributed by atoms with Crippen LogP contribution in [0.15, 0.2) is 60.2 Å². The molecule has 1 aliphatic rings. The van der Waals surface area contributed by atoms with E-state index in [9.17, 15) is 5.11 Å². The summed E-state index contributed by atoms with van der Waals surface area (Å²) in [5.74, 6) is 1.22. The van der Waals surface area contributed by atoms with Crippen molar-refractivity contribution in [2.24, 2.45) is 10.8 Å². The quantitative estimate of drug-likeness (QED) is 0.499. The molecule has 150 valence electrons. The first-order valence-corrected chi connectivity index (χ1v) is 10.3. The third kappa shape index (κ3) is 3.31. The van der Waals surface area contributed by atoms with Gasteiger partial charge in [0.1, 0.15) is 11.5 Å². The van der Waals surface area contributed by atoms with Crippen molar-refractivity contribution in [1.29, 1.82) is 0 Å². The lowest BCUT2D eigenvalue weighted by Crippen LogP contribution is -2.24. The lowest BCUT2D eigenvalue weighted by atomic mass is 9.71. The first-order valence-electron chi connectivity index (χ1n) is 10.3. The number of ether oxygens (including phenoxy) is 1. The Kier molecular flexibility index (Phi) is 4.49. The SMILES string of the molecule is Cc1c(O)cc(C2=C(C(C)(C)C)C(C)(C)CO2)cc1-c1cccc2ccccc12. The molecule has 0 atom stereocenters. The monoisotopic (exact) mass is 386 g/mol. The van der Waals surface area contributed by atoms with E-state index in [1.165, 1.54) is 16.3 Å². The molecule has 0 fully saturated rings. The molecule has 0 saturated carbocycles. The molecular weight excluding hydrogens is 356 g/mol. The summed E-state index contributed by atoms with van der Waals surface area (Å²) in [5.41, 5.74) is 5.27. The fraction of sp³-hybridized carbons (Fsp3) is 0.333. The summed E-state index contributed by atoms with van der Waals surface area (Å²) in [5, 5.41) is 13.2. The molecule has 0 amide bonds. The van der Waals surface area contributed by atoms with Crippen molar-refractivity contribution < 1.29 is 9.84 Å². The fourth-order valence-electron chi connectivity index (χ4n) is 4.86. The zero-order chi connectivity index (χ0) is 21.0. The van der Waals surface area contributed by atoms with Crippen molar-refractivity contribution >= 4 is 16.5 Å². The maximum atomic E-state index is 10.8. The predicted octanol–water partition coefficient (Wildman–Crippen LogP) is 7.33. The number of hydrogen-bond acceptors (Lipinski definition) is 2. The van der Waals surface area contributed by atoms with Crippen LogP contribution in [0.1, 0.15) is 45.7 Å². The Labute approximate surface area is 173 Å². The van der Waals surface area contributed by atoms with Gasteiger partial charge in [-0.05, 0) is 57.5 Å². The molecule has 1 N–H and O–H groups in total. The molecule has 0 spiro atoms. The van der Waals surface area contributed by atoms with E-state index in [1.807, 2.05) is 13.0 Å². The molecule has 3 aromatic carbocycles. The van der Waals surface area contributed by atoms with Crippen molar-refractivity contribution in [3.63, 3.8) is 0 Å². The lowest BCUT2D eigenvalue weighted by molar-refractivity contribution is 0.213. The van der Waals surface area contributed by atoms with E-state index < -0.39 is 0 Å². The molecule has 3 aromatic rings. The van der Waals surface area contributed by atoms with Crippen molar-refractivity contribution in [2.45, 2.75) is 41.5 Å². The van der Waals surface area contributed by atoms with Crippen molar-refractivity contribution in [3.8, 4) is 16.9 Å². The van der Waals surface area contributed by atoms with Crippen LogP contribution < -0.4 is 0 Å². The van der Waals surface area contributed by atoms with Crippen LogP contribution in [0.25, 0.3) is 27.7 Å². The van der Waals surface area contributed by atoms with Gasteiger partial charge in [-0.1, -0.05) is 77.1 Å². The van der Waals surface area contributed by atoms with E-state index in [4.69, 9.17) is 4.74 Å². The summed E-state index contributed by atoms with van der Waals surface area (Å²) in [7, 11) is 0. The Bertz CT molecular complexity index is 1120. The van der Waals surface area contributed by atoms with Gasteiger partial charge in [0.15, 0.2) is 0 Å². The normalized spacial score (nSPS) is 16.3. The van der Waals surface area contributed by atoms with Gasteiger partial charge in [0.2, 0.25) is 0 Å². The standard InChI is InChI=1S/C27H30O2/c1-17-22(21-13-9-11-18-10-7-8-12-20(18)21)14-19(15-23(17)28)24-25(26(2,3)4)27(5,6)16-29-24/h7-15,28H,16H2,1-6H3. The summed E-state index contributed by atoms with van der Waals surface area (Å²) in [4.78, 5) is 0. The van der Waals surface area contributed by atoms with Crippen LogP contribution in [0.4, 0.5) is 0 Å². The van der Waals surface area contributed by atoms with E-state index >= 15 is 0 Å². The summed E-state index contributed by atoms with van der Waals surface area (Å²) in [6.07, 6.45) is 0. The molecule has 0 radical (unpaired) electrons. The first kappa shape index (κ1) is 19.6. The molecule has 0 unspecified atom stereocenters. The number of fused-ring (bicyclic) bond motifs is 1. The van der Waals surface area contributed by atoms with Crippen LogP contribution in [0, 0.1) is 17.8 Å². The molecule has 0 bridgehead atoms. The number of hydrogen-bond donors (Lipinski definition) is 1. The lowest BCUT2D eigenvalue weighted by Gasteiger charge is -2.31. The molecule has 0 aliphatic carbocycles.